The van der Waals surface area contributed by atoms with Crippen LogP contribution in [0, 0.1) is 0 Å². The number of alkyl halides is 2. The molecular formula is C18H18F2N8. The molecule has 0 unspecified atom stereocenters. The zero-order valence-electron chi connectivity index (χ0n) is 14.8. The van der Waals surface area contributed by atoms with E-state index < -0.39 is 5.92 Å². The number of imidazole rings is 1. The van der Waals surface area contributed by atoms with Crippen LogP contribution in [0.2, 0.25) is 0 Å². The van der Waals surface area contributed by atoms with Gasteiger partial charge in [-0.3, -0.25) is 5.10 Å². The highest BCUT2D eigenvalue weighted by atomic mass is 19.3. The molecule has 10 heteroatoms. The summed E-state index contributed by atoms with van der Waals surface area (Å²) < 4.78 is 22.3. The molecule has 4 N–H and O–H groups in total. The Morgan fingerprint density at radius 2 is 1.93 bits per heavy atom. The lowest BCUT2D eigenvalue weighted by Crippen LogP contribution is -2.05. The zero-order chi connectivity index (χ0) is 19.4. The maximum atomic E-state index is 11.1. The molecule has 0 radical (unpaired) electrons. The Morgan fingerprint density at radius 1 is 1.07 bits per heavy atom. The summed E-state index contributed by atoms with van der Waals surface area (Å²) in [6.07, 6.45) is 5.30. The summed E-state index contributed by atoms with van der Waals surface area (Å²) in [5, 5.41) is 13.0. The van der Waals surface area contributed by atoms with Crippen molar-refractivity contribution in [3.8, 4) is 0 Å². The topological polar surface area (TPSA) is 107 Å². The van der Waals surface area contributed by atoms with Gasteiger partial charge in [-0.25, -0.2) is 18.7 Å². The van der Waals surface area contributed by atoms with Crippen LogP contribution in [0.4, 0.5) is 26.4 Å². The smallest absolute Gasteiger partial charge is 0.248 e. The molecule has 1 fully saturated rings. The van der Waals surface area contributed by atoms with Gasteiger partial charge in [-0.15, -0.1) is 0 Å². The first-order valence-corrected chi connectivity index (χ1v) is 8.71. The standard InChI is InChI=1S/C15H14N8.C3H4F2/c1-2-11-12(19-9-18-11)7-10(1)8-17-15-16-5-3-13(22-15)21-14-4-6-20-23-14;4-3(5)1-2-3/h1-7,9H,8H2,(H,18,19)(H3,16,17,20,21,22,23);1-2H2. The predicted molar refractivity (Wildman–Crippen MR) is 102 cm³/mol. The second-order valence-corrected chi connectivity index (χ2v) is 6.32. The molecule has 0 atom stereocenters. The van der Waals surface area contributed by atoms with Gasteiger partial charge in [0.1, 0.15) is 11.6 Å². The highest BCUT2D eigenvalue weighted by molar-refractivity contribution is 5.75. The third-order valence-electron chi connectivity index (χ3n) is 3.98. The van der Waals surface area contributed by atoms with Crippen LogP contribution in [0.3, 0.4) is 0 Å². The van der Waals surface area contributed by atoms with Gasteiger partial charge in [0.15, 0.2) is 0 Å². The fourth-order valence-corrected chi connectivity index (χ4v) is 2.35. The zero-order valence-corrected chi connectivity index (χ0v) is 14.8. The number of anilines is 3. The van der Waals surface area contributed by atoms with Gasteiger partial charge in [-0.1, -0.05) is 6.07 Å². The monoisotopic (exact) mass is 384 g/mol. The van der Waals surface area contributed by atoms with E-state index in [9.17, 15) is 8.78 Å². The largest absolute Gasteiger partial charge is 0.350 e. The maximum absolute atomic E-state index is 11.1. The van der Waals surface area contributed by atoms with Crippen LogP contribution >= 0.6 is 0 Å². The fourth-order valence-electron chi connectivity index (χ4n) is 2.35. The summed E-state index contributed by atoms with van der Waals surface area (Å²) in [6.45, 7) is 0.627. The molecule has 28 heavy (non-hydrogen) atoms. The van der Waals surface area contributed by atoms with Crippen molar-refractivity contribution in [2.45, 2.75) is 25.3 Å². The number of aromatic nitrogens is 6. The molecule has 0 bridgehead atoms. The molecule has 4 aromatic rings. The minimum Gasteiger partial charge on any atom is -0.350 e. The molecule has 0 aliphatic heterocycles. The number of hydrogen-bond donors (Lipinski definition) is 4. The van der Waals surface area contributed by atoms with Crippen LogP contribution in [0.1, 0.15) is 18.4 Å². The number of H-pyrrole nitrogens is 2. The quantitative estimate of drug-likeness (QED) is 0.416. The average molecular weight is 384 g/mol. The molecule has 1 aromatic carbocycles. The number of hydrogen-bond acceptors (Lipinski definition) is 6. The number of nitrogens with one attached hydrogen (secondary N) is 4. The van der Waals surface area contributed by atoms with E-state index in [1.807, 2.05) is 18.2 Å². The molecule has 3 aromatic heterocycles. The van der Waals surface area contributed by atoms with Gasteiger partial charge in [0.25, 0.3) is 0 Å². The first-order valence-electron chi connectivity index (χ1n) is 8.71. The number of halogens is 2. The normalized spacial score (nSPS) is 14.2. The molecule has 5 rings (SSSR count). The van der Waals surface area contributed by atoms with Crippen molar-refractivity contribution in [3.05, 3.63) is 54.6 Å². The molecule has 1 aliphatic carbocycles. The lowest BCUT2D eigenvalue weighted by Gasteiger charge is -2.07. The summed E-state index contributed by atoms with van der Waals surface area (Å²) in [6, 6.07) is 9.70. The molecule has 0 spiro atoms. The fraction of sp³-hybridized carbons (Fsp3) is 0.222. The van der Waals surface area contributed by atoms with E-state index in [1.54, 1.807) is 24.8 Å². The van der Waals surface area contributed by atoms with E-state index in [1.165, 1.54) is 0 Å². The maximum Gasteiger partial charge on any atom is 0.248 e. The molecule has 3 heterocycles. The van der Waals surface area contributed by atoms with Gasteiger partial charge >= 0.3 is 0 Å². The minimum atomic E-state index is -2.25. The molecule has 1 saturated carbocycles. The summed E-state index contributed by atoms with van der Waals surface area (Å²) in [5.74, 6) is -0.227. The first-order chi connectivity index (χ1) is 13.6. The van der Waals surface area contributed by atoms with E-state index in [2.05, 4.69) is 46.8 Å². The van der Waals surface area contributed by atoms with E-state index in [0.717, 1.165) is 22.4 Å². The van der Waals surface area contributed by atoms with Crippen molar-refractivity contribution in [3.63, 3.8) is 0 Å². The highest BCUT2D eigenvalue weighted by Gasteiger charge is 2.43. The van der Waals surface area contributed by atoms with Crippen molar-refractivity contribution in [2.75, 3.05) is 10.6 Å². The van der Waals surface area contributed by atoms with Crippen molar-refractivity contribution in [1.82, 2.24) is 30.1 Å². The Labute approximate surface area is 158 Å². The van der Waals surface area contributed by atoms with Gasteiger partial charge in [0, 0.05) is 31.6 Å². The predicted octanol–water partition coefficient (Wildman–Crippen LogP) is 3.85. The molecule has 144 valence electrons. The van der Waals surface area contributed by atoms with Gasteiger partial charge < -0.3 is 15.6 Å². The second kappa shape index (κ2) is 7.59. The Morgan fingerprint density at radius 3 is 2.68 bits per heavy atom. The van der Waals surface area contributed by atoms with Crippen LogP contribution < -0.4 is 10.6 Å². The summed E-state index contributed by atoms with van der Waals surface area (Å²) in [4.78, 5) is 16.0. The van der Waals surface area contributed by atoms with Crippen molar-refractivity contribution >= 4 is 28.6 Å². The van der Waals surface area contributed by atoms with Gasteiger partial charge in [-0.2, -0.15) is 10.1 Å². The summed E-state index contributed by atoms with van der Waals surface area (Å²) in [7, 11) is 0. The van der Waals surface area contributed by atoms with Gasteiger partial charge in [0.05, 0.1) is 23.6 Å². The Kier molecular flexibility index (Phi) is 4.83. The molecular weight excluding hydrogens is 366 g/mol. The van der Waals surface area contributed by atoms with Gasteiger partial charge in [-0.05, 0) is 23.8 Å². The Bertz CT molecular complexity index is 1040. The van der Waals surface area contributed by atoms with Crippen LogP contribution in [0.15, 0.2) is 49.1 Å². The van der Waals surface area contributed by atoms with Crippen molar-refractivity contribution in [1.29, 1.82) is 0 Å². The van der Waals surface area contributed by atoms with Crippen LogP contribution in [0.25, 0.3) is 11.0 Å². The number of aromatic amines is 2. The average Bonchev–Trinajstić information content (AvgIpc) is 3.10. The van der Waals surface area contributed by atoms with E-state index in [4.69, 9.17) is 0 Å². The van der Waals surface area contributed by atoms with Gasteiger partial charge in [0.2, 0.25) is 11.9 Å². The van der Waals surface area contributed by atoms with Crippen LogP contribution in [-0.2, 0) is 6.54 Å². The molecule has 1 aliphatic rings. The summed E-state index contributed by atoms with van der Waals surface area (Å²) >= 11 is 0. The Hall–Kier alpha value is -3.56. The van der Waals surface area contributed by atoms with Crippen LogP contribution in [0.5, 0.6) is 0 Å². The number of benzene rings is 1. The number of nitrogens with zero attached hydrogens (tertiary/aromatic N) is 4. The molecule has 0 amide bonds. The SMILES string of the molecule is FC1(F)CC1.c1cc(Nc2ccnc(NCc3ccc4nc[nH]c4c3)n2)[nH]n1. The van der Waals surface area contributed by atoms with Crippen molar-refractivity contribution < 1.29 is 8.78 Å². The van der Waals surface area contributed by atoms with E-state index >= 15 is 0 Å². The van der Waals surface area contributed by atoms with E-state index in [0.29, 0.717) is 18.3 Å². The number of fused-ring (bicyclic) bond motifs is 1. The molecule has 8 nitrogen and oxygen atoms in total. The molecule has 0 saturated heterocycles. The lowest BCUT2D eigenvalue weighted by atomic mass is 10.2. The third-order valence-corrected chi connectivity index (χ3v) is 3.98. The lowest BCUT2D eigenvalue weighted by molar-refractivity contribution is 0.120. The summed E-state index contributed by atoms with van der Waals surface area (Å²) in [5.41, 5.74) is 3.09. The van der Waals surface area contributed by atoms with E-state index in [-0.39, 0.29) is 12.8 Å². The Balaban J connectivity index is 0.000000336. The van der Waals surface area contributed by atoms with Crippen LogP contribution in [-0.4, -0.2) is 36.1 Å². The minimum absolute atomic E-state index is 0.118. The second-order valence-electron chi connectivity index (χ2n) is 6.32. The third kappa shape index (κ3) is 4.78. The van der Waals surface area contributed by atoms with Crippen molar-refractivity contribution in [2.24, 2.45) is 0 Å². The first kappa shape index (κ1) is 17.8. The highest BCUT2D eigenvalue weighted by Crippen LogP contribution is 2.40. The number of rotatable bonds is 5.